The molecule has 0 atom stereocenters. The average Bonchev–Trinajstić information content (AvgIpc) is 2.20. The van der Waals surface area contributed by atoms with Crippen LogP contribution in [0.4, 0.5) is 0 Å². The van der Waals surface area contributed by atoms with Crippen molar-refractivity contribution >= 4 is 17.6 Å². The summed E-state index contributed by atoms with van der Waals surface area (Å²) < 4.78 is 10.6. The number of carbonyl (C=O) groups excluding carboxylic acids is 1. The molecule has 0 saturated heterocycles. The number of nitrogens with zero attached hydrogens (tertiary/aromatic N) is 2. The normalized spacial score (nSPS) is 11.2. The summed E-state index contributed by atoms with van der Waals surface area (Å²) in [6, 6.07) is 1.54. The van der Waals surface area contributed by atoms with Crippen molar-refractivity contribution in [1.29, 1.82) is 0 Å². The van der Waals surface area contributed by atoms with Gasteiger partial charge in [-0.15, -0.1) is 0 Å². The molecule has 0 bridgehead atoms. The molecule has 19 heavy (non-hydrogen) atoms. The molecule has 1 rings (SSSR count). The zero-order chi connectivity index (χ0) is 14.5. The van der Waals surface area contributed by atoms with E-state index in [2.05, 4.69) is 9.97 Å². The largest absolute Gasteiger partial charge is 0.478 e. The van der Waals surface area contributed by atoms with Crippen LogP contribution in [0.5, 0.6) is 5.88 Å². The van der Waals surface area contributed by atoms with Gasteiger partial charge < -0.3 is 9.47 Å². The van der Waals surface area contributed by atoms with Gasteiger partial charge in [-0.2, -0.15) is 4.98 Å². The van der Waals surface area contributed by atoms with E-state index in [9.17, 15) is 4.79 Å². The van der Waals surface area contributed by atoms with Crippen molar-refractivity contribution in [2.45, 2.75) is 46.1 Å². The van der Waals surface area contributed by atoms with Gasteiger partial charge in [-0.3, -0.25) is 4.79 Å². The predicted octanol–water partition coefficient (Wildman–Crippen LogP) is 2.94. The van der Waals surface area contributed by atoms with Crippen LogP contribution in [0.3, 0.4) is 0 Å². The second-order valence-electron chi connectivity index (χ2n) is 5.11. The predicted molar refractivity (Wildman–Crippen MR) is 72.4 cm³/mol. The van der Waals surface area contributed by atoms with Gasteiger partial charge in [0.1, 0.15) is 16.6 Å². The van der Waals surface area contributed by atoms with Crippen molar-refractivity contribution in [3.05, 3.63) is 17.0 Å². The van der Waals surface area contributed by atoms with Gasteiger partial charge in [0.05, 0.1) is 6.61 Å². The molecule has 0 amide bonds. The zero-order valence-electron chi connectivity index (χ0n) is 11.7. The molecule has 0 aliphatic rings. The van der Waals surface area contributed by atoms with Crippen molar-refractivity contribution in [3.63, 3.8) is 0 Å². The van der Waals surface area contributed by atoms with Crippen LogP contribution < -0.4 is 4.74 Å². The van der Waals surface area contributed by atoms with Gasteiger partial charge in [-0.25, -0.2) is 4.98 Å². The van der Waals surface area contributed by atoms with Crippen LogP contribution in [0, 0.1) is 6.92 Å². The van der Waals surface area contributed by atoms with Crippen molar-refractivity contribution < 1.29 is 14.3 Å². The second-order valence-corrected chi connectivity index (χ2v) is 5.50. The maximum absolute atomic E-state index is 11.5. The average molecular weight is 287 g/mol. The number of hydrogen-bond donors (Lipinski definition) is 0. The maximum Gasteiger partial charge on any atom is 0.306 e. The number of aryl methyl sites for hydroxylation is 1. The highest BCUT2D eigenvalue weighted by Crippen LogP contribution is 2.14. The first-order valence-electron chi connectivity index (χ1n) is 6.12. The summed E-state index contributed by atoms with van der Waals surface area (Å²) >= 11 is 5.78. The molecule has 0 aliphatic heterocycles. The topological polar surface area (TPSA) is 61.3 Å². The zero-order valence-corrected chi connectivity index (χ0v) is 12.5. The van der Waals surface area contributed by atoms with Crippen LogP contribution in [-0.4, -0.2) is 28.1 Å². The van der Waals surface area contributed by atoms with Gasteiger partial charge in [0, 0.05) is 12.5 Å². The van der Waals surface area contributed by atoms with Gasteiger partial charge in [0.15, 0.2) is 0 Å². The third kappa shape index (κ3) is 6.96. The van der Waals surface area contributed by atoms with Crippen molar-refractivity contribution in [2.24, 2.45) is 0 Å². The summed E-state index contributed by atoms with van der Waals surface area (Å²) in [5, 5.41) is 0.342. The van der Waals surface area contributed by atoms with Crippen molar-refractivity contribution in [3.8, 4) is 5.88 Å². The van der Waals surface area contributed by atoms with Gasteiger partial charge >= 0.3 is 5.97 Å². The molecule has 5 nitrogen and oxygen atoms in total. The maximum atomic E-state index is 11.5. The van der Waals surface area contributed by atoms with E-state index < -0.39 is 5.60 Å². The minimum Gasteiger partial charge on any atom is -0.478 e. The molecule has 0 N–H and O–H groups in total. The fraction of sp³-hybridized carbons (Fsp3) is 0.615. The van der Waals surface area contributed by atoms with Gasteiger partial charge in [-0.05, 0) is 34.1 Å². The molecule has 1 aromatic rings. The molecule has 1 aromatic heterocycles. The van der Waals surface area contributed by atoms with Crippen LogP contribution in [-0.2, 0) is 9.53 Å². The Bertz CT molecular complexity index is 424. The number of halogens is 1. The molecule has 0 aromatic carbocycles. The highest BCUT2D eigenvalue weighted by Gasteiger charge is 2.15. The molecule has 0 saturated carbocycles. The lowest BCUT2D eigenvalue weighted by atomic mass is 10.2. The standard InChI is InChI=1S/C13H19ClN2O3/c1-9-15-10(14)8-11(16-9)18-7-5-6-12(17)19-13(2,3)4/h8H,5-7H2,1-4H3. The Balaban J connectivity index is 2.29. The minimum absolute atomic E-state index is 0.229. The Kier molecular flexibility index (Phi) is 5.54. The lowest BCUT2D eigenvalue weighted by Crippen LogP contribution is -2.24. The summed E-state index contributed by atoms with van der Waals surface area (Å²) in [4.78, 5) is 19.5. The summed E-state index contributed by atoms with van der Waals surface area (Å²) in [5.74, 6) is 0.740. The molecule has 0 unspecified atom stereocenters. The molecule has 0 aliphatic carbocycles. The second kappa shape index (κ2) is 6.70. The Labute approximate surface area is 118 Å². The van der Waals surface area contributed by atoms with Crippen LogP contribution in [0.25, 0.3) is 0 Å². The third-order valence-electron chi connectivity index (χ3n) is 1.98. The monoisotopic (exact) mass is 286 g/mol. The summed E-state index contributed by atoms with van der Waals surface area (Å²) in [6.07, 6.45) is 0.880. The molecule has 0 fully saturated rings. The van der Waals surface area contributed by atoms with E-state index in [1.807, 2.05) is 20.8 Å². The van der Waals surface area contributed by atoms with Crippen molar-refractivity contribution in [1.82, 2.24) is 9.97 Å². The molecular weight excluding hydrogens is 268 g/mol. The van der Waals surface area contributed by atoms with Gasteiger partial charge in [0.25, 0.3) is 0 Å². The summed E-state index contributed by atoms with van der Waals surface area (Å²) in [7, 11) is 0. The van der Waals surface area contributed by atoms with E-state index in [0.717, 1.165) is 0 Å². The molecule has 6 heteroatoms. The highest BCUT2D eigenvalue weighted by atomic mass is 35.5. The fourth-order valence-corrected chi connectivity index (χ4v) is 1.58. The molecule has 0 spiro atoms. The summed E-state index contributed by atoms with van der Waals surface area (Å²) in [5.41, 5.74) is -0.449. The molecule has 0 radical (unpaired) electrons. The van der Waals surface area contributed by atoms with E-state index in [0.29, 0.717) is 36.3 Å². The number of rotatable bonds is 5. The third-order valence-corrected chi connectivity index (χ3v) is 2.17. The first-order valence-corrected chi connectivity index (χ1v) is 6.50. The smallest absolute Gasteiger partial charge is 0.306 e. The first kappa shape index (κ1) is 15.7. The quantitative estimate of drug-likeness (QED) is 0.473. The highest BCUT2D eigenvalue weighted by molar-refractivity contribution is 6.29. The SMILES string of the molecule is Cc1nc(Cl)cc(OCCCC(=O)OC(C)(C)C)n1. The summed E-state index contributed by atoms with van der Waals surface area (Å²) in [6.45, 7) is 7.64. The Morgan fingerprint density at radius 3 is 2.63 bits per heavy atom. The Morgan fingerprint density at radius 1 is 1.37 bits per heavy atom. The number of esters is 1. The van der Waals surface area contributed by atoms with Gasteiger partial charge in [-0.1, -0.05) is 11.6 Å². The van der Waals surface area contributed by atoms with Crippen molar-refractivity contribution in [2.75, 3.05) is 6.61 Å². The number of ether oxygens (including phenoxy) is 2. The van der Waals surface area contributed by atoms with Crippen LogP contribution in [0.2, 0.25) is 5.15 Å². The lowest BCUT2D eigenvalue weighted by Gasteiger charge is -2.19. The Hall–Kier alpha value is -1.36. The number of aromatic nitrogens is 2. The minimum atomic E-state index is -0.449. The lowest BCUT2D eigenvalue weighted by molar-refractivity contribution is -0.155. The van der Waals surface area contributed by atoms with E-state index in [1.165, 1.54) is 0 Å². The number of hydrogen-bond acceptors (Lipinski definition) is 5. The van der Waals surface area contributed by atoms with E-state index in [-0.39, 0.29) is 5.97 Å². The van der Waals surface area contributed by atoms with Crippen LogP contribution in [0.1, 0.15) is 39.4 Å². The van der Waals surface area contributed by atoms with E-state index >= 15 is 0 Å². The van der Waals surface area contributed by atoms with Gasteiger partial charge in [0.2, 0.25) is 5.88 Å². The van der Waals surface area contributed by atoms with E-state index in [4.69, 9.17) is 21.1 Å². The fourth-order valence-electron chi connectivity index (χ4n) is 1.37. The molecule has 1 heterocycles. The molecular formula is C13H19ClN2O3. The first-order chi connectivity index (χ1) is 8.76. The number of carbonyl (C=O) groups is 1. The van der Waals surface area contributed by atoms with Crippen LogP contribution in [0.15, 0.2) is 6.07 Å². The Morgan fingerprint density at radius 2 is 2.05 bits per heavy atom. The van der Waals surface area contributed by atoms with E-state index in [1.54, 1.807) is 13.0 Å². The molecule has 106 valence electrons. The van der Waals surface area contributed by atoms with Crippen LogP contribution >= 0.6 is 11.6 Å².